The van der Waals surface area contributed by atoms with Gasteiger partial charge in [-0.15, -0.1) is 0 Å². The minimum absolute atomic E-state index is 0.0569. The summed E-state index contributed by atoms with van der Waals surface area (Å²) in [6.07, 6.45) is 0.566. The lowest BCUT2D eigenvalue weighted by atomic mass is 10.3. The van der Waals surface area contributed by atoms with Gasteiger partial charge in [0.1, 0.15) is 29.0 Å². The number of hydrogen-bond donors (Lipinski definition) is 0. The Bertz CT molecular complexity index is 472. The molecule has 6 nitrogen and oxygen atoms in total. The standard InChI is InChI=1S/C12H16ClN3O3/c1-7-14-11(13)8(6-17)12(15-7)16-4-9(18-2)10(5-16)19-3/h6,9-10H,4-5H2,1-3H3. The average molecular weight is 286 g/mol. The Hall–Kier alpha value is -1.24. The minimum Gasteiger partial charge on any atom is -0.377 e. The number of aldehydes is 1. The summed E-state index contributed by atoms with van der Waals surface area (Å²) in [5.74, 6) is 1.06. The van der Waals surface area contributed by atoms with Crippen molar-refractivity contribution >= 4 is 23.7 Å². The van der Waals surface area contributed by atoms with Crippen molar-refractivity contribution < 1.29 is 14.3 Å². The van der Waals surface area contributed by atoms with Crippen LogP contribution >= 0.6 is 11.6 Å². The molecule has 1 aliphatic heterocycles. The number of methoxy groups -OCH3 is 2. The lowest BCUT2D eigenvalue weighted by Gasteiger charge is -2.19. The van der Waals surface area contributed by atoms with Crippen molar-refractivity contribution in [1.29, 1.82) is 0 Å². The molecule has 0 radical (unpaired) electrons. The summed E-state index contributed by atoms with van der Waals surface area (Å²) in [5, 5.41) is 0.173. The Balaban J connectivity index is 2.35. The van der Waals surface area contributed by atoms with E-state index in [-0.39, 0.29) is 17.4 Å². The van der Waals surface area contributed by atoms with Gasteiger partial charge in [0.15, 0.2) is 6.29 Å². The van der Waals surface area contributed by atoms with Crippen molar-refractivity contribution in [2.45, 2.75) is 19.1 Å². The lowest BCUT2D eigenvalue weighted by molar-refractivity contribution is -0.00461. The lowest BCUT2D eigenvalue weighted by Crippen LogP contribution is -2.27. The van der Waals surface area contributed by atoms with E-state index in [1.165, 1.54) is 0 Å². The molecule has 2 atom stereocenters. The van der Waals surface area contributed by atoms with Crippen LogP contribution in [0.1, 0.15) is 16.2 Å². The van der Waals surface area contributed by atoms with E-state index in [4.69, 9.17) is 21.1 Å². The monoisotopic (exact) mass is 285 g/mol. The third-order valence-electron chi connectivity index (χ3n) is 3.23. The first-order chi connectivity index (χ1) is 9.10. The molecule has 0 aromatic carbocycles. The number of hydrogen-bond acceptors (Lipinski definition) is 6. The van der Waals surface area contributed by atoms with Crippen LogP contribution in [0, 0.1) is 6.92 Å². The van der Waals surface area contributed by atoms with Crippen LogP contribution in [0.3, 0.4) is 0 Å². The zero-order valence-corrected chi connectivity index (χ0v) is 11.8. The zero-order chi connectivity index (χ0) is 14.0. The number of halogens is 1. The summed E-state index contributed by atoms with van der Waals surface area (Å²) in [7, 11) is 3.28. The molecule has 104 valence electrons. The van der Waals surface area contributed by atoms with Crippen LogP contribution in [0.4, 0.5) is 5.82 Å². The highest BCUT2D eigenvalue weighted by molar-refractivity contribution is 6.32. The van der Waals surface area contributed by atoms with Crippen LogP contribution in [0.2, 0.25) is 5.15 Å². The highest BCUT2D eigenvalue weighted by Crippen LogP contribution is 2.27. The van der Waals surface area contributed by atoms with Crippen LogP contribution in [-0.4, -0.2) is 55.8 Å². The largest absolute Gasteiger partial charge is 0.377 e. The Morgan fingerprint density at radius 3 is 2.32 bits per heavy atom. The maximum absolute atomic E-state index is 11.2. The second kappa shape index (κ2) is 5.81. The molecule has 2 rings (SSSR count). The summed E-state index contributed by atoms with van der Waals surface area (Å²) < 4.78 is 10.7. The normalized spacial score (nSPS) is 22.8. The van der Waals surface area contributed by atoms with Crippen LogP contribution in [-0.2, 0) is 9.47 Å². The summed E-state index contributed by atoms with van der Waals surface area (Å²) in [6, 6.07) is 0. The molecule has 1 fully saturated rings. The molecule has 0 N–H and O–H groups in total. The van der Waals surface area contributed by atoms with E-state index in [1.54, 1.807) is 21.1 Å². The van der Waals surface area contributed by atoms with Gasteiger partial charge in [-0.05, 0) is 6.92 Å². The molecule has 1 aromatic rings. The van der Waals surface area contributed by atoms with Crippen LogP contribution in [0.25, 0.3) is 0 Å². The molecule has 1 saturated heterocycles. The van der Waals surface area contributed by atoms with E-state index in [9.17, 15) is 4.79 Å². The molecule has 2 heterocycles. The third-order valence-corrected chi connectivity index (χ3v) is 3.52. The van der Waals surface area contributed by atoms with E-state index >= 15 is 0 Å². The smallest absolute Gasteiger partial charge is 0.156 e. The van der Waals surface area contributed by atoms with E-state index < -0.39 is 0 Å². The number of anilines is 1. The number of carbonyl (C=O) groups excluding carboxylic acids is 1. The summed E-state index contributed by atoms with van der Waals surface area (Å²) in [4.78, 5) is 21.4. The molecule has 7 heteroatoms. The molecule has 0 spiro atoms. The summed E-state index contributed by atoms with van der Waals surface area (Å²) >= 11 is 5.98. The molecule has 0 aliphatic carbocycles. The average Bonchev–Trinajstić information content (AvgIpc) is 2.81. The molecular formula is C12H16ClN3O3. The molecule has 1 aromatic heterocycles. The van der Waals surface area contributed by atoms with Gasteiger partial charge < -0.3 is 14.4 Å². The Kier molecular flexibility index (Phi) is 4.34. The Morgan fingerprint density at radius 2 is 1.84 bits per heavy atom. The van der Waals surface area contributed by atoms with E-state index in [1.807, 2.05) is 4.90 Å². The quantitative estimate of drug-likeness (QED) is 0.610. The molecule has 0 saturated carbocycles. The van der Waals surface area contributed by atoms with Gasteiger partial charge >= 0.3 is 0 Å². The minimum atomic E-state index is -0.0569. The Labute approximate surface area is 116 Å². The number of aromatic nitrogens is 2. The second-order valence-corrected chi connectivity index (χ2v) is 4.73. The van der Waals surface area contributed by atoms with E-state index in [0.717, 1.165) is 0 Å². The van der Waals surface area contributed by atoms with Crippen LogP contribution in [0.5, 0.6) is 0 Å². The van der Waals surface area contributed by atoms with Gasteiger partial charge in [0.05, 0.1) is 5.56 Å². The third kappa shape index (κ3) is 2.70. The summed E-state index contributed by atoms with van der Waals surface area (Å²) in [6.45, 7) is 2.94. The van der Waals surface area contributed by atoms with E-state index in [2.05, 4.69) is 9.97 Å². The fraction of sp³-hybridized carbons (Fsp3) is 0.583. The van der Waals surface area contributed by atoms with Gasteiger partial charge in [-0.2, -0.15) is 0 Å². The molecule has 1 aliphatic rings. The number of nitrogens with zero attached hydrogens (tertiary/aromatic N) is 3. The van der Waals surface area contributed by atoms with Crippen molar-refractivity contribution in [1.82, 2.24) is 9.97 Å². The van der Waals surface area contributed by atoms with Gasteiger partial charge in [0, 0.05) is 27.3 Å². The predicted molar refractivity (Wildman–Crippen MR) is 71.0 cm³/mol. The maximum Gasteiger partial charge on any atom is 0.156 e. The topological polar surface area (TPSA) is 64.5 Å². The number of ether oxygens (including phenoxy) is 2. The number of aryl methyl sites for hydroxylation is 1. The summed E-state index contributed by atoms with van der Waals surface area (Å²) in [5.41, 5.74) is 0.305. The van der Waals surface area contributed by atoms with Gasteiger partial charge in [0.2, 0.25) is 0 Å². The first-order valence-corrected chi connectivity index (χ1v) is 6.28. The van der Waals surface area contributed by atoms with Crippen molar-refractivity contribution in [3.8, 4) is 0 Å². The first kappa shape index (κ1) is 14.2. The second-order valence-electron chi connectivity index (χ2n) is 4.37. The molecule has 19 heavy (non-hydrogen) atoms. The maximum atomic E-state index is 11.2. The predicted octanol–water partition coefficient (Wildman–Crippen LogP) is 1.10. The fourth-order valence-corrected chi connectivity index (χ4v) is 2.50. The number of carbonyl (C=O) groups is 1. The van der Waals surface area contributed by atoms with Gasteiger partial charge in [-0.1, -0.05) is 11.6 Å². The highest BCUT2D eigenvalue weighted by Gasteiger charge is 2.35. The van der Waals surface area contributed by atoms with Crippen molar-refractivity contribution in [3.05, 3.63) is 16.5 Å². The first-order valence-electron chi connectivity index (χ1n) is 5.90. The van der Waals surface area contributed by atoms with Crippen molar-refractivity contribution in [3.63, 3.8) is 0 Å². The van der Waals surface area contributed by atoms with Crippen molar-refractivity contribution in [2.24, 2.45) is 0 Å². The van der Waals surface area contributed by atoms with Gasteiger partial charge in [0.25, 0.3) is 0 Å². The van der Waals surface area contributed by atoms with Gasteiger partial charge in [-0.25, -0.2) is 9.97 Å². The van der Waals surface area contributed by atoms with Crippen LogP contribution < -0.4 is 4.90 Å². The van der Waals surface area contributed by atoms with Crippen molar-refractivity contribution in [2.75, 3.05) is 32.2 Å². The van der Waals surface area contributed by atoms with Gasteiger partial charge in [-0.3, -0.25) is 4.79 Å². The molecular weight excluding hydrogens is 270 g/mol. The number of rotatable bonds is 4. The van der Waals surface area contributed by atoms with E-state index in [0.29, 0.717) is 36.6 Å². The molecule has 0 bridgehead atoms. The van der Waals surface area contributed by atoms with Crippen LogP contribution in [0.15, 0.2) is 0 Å². The Morgan fingerprint density at radius 1 is 1.26 bits per heavy atom. The molecule has 2 unspecified atom stereocenters. The zero-order valence-electron chi connectivity index (χ0n) is 11.1. The highest BCUT2D eigenvalue weighted by atomic mass is 35.5. The SMILES string of the molecule is COC1CN(c2nc(C)nc(Cl)c2C=O)CC1OC. The molecule has 0 amide bonds. The fourth-order valence-electron chi connectivity index (χ4n) is 2.25.